The van der Waals surface area contributed by atoms with E-state index in [2.05, 4.69) is 0 Å². The van der Waals surface area contributed by atoms with Gasteiger partial charge in [0.2, 0.25) is 0 Å². The molecule has 0 saturated carbocycles. The number of rotatable bonds is 1. The van der Waals surface area contributed by atoms with Crippen LogP contribution in [0.5, 0.6) is 0 Å². The molecule has 1 aromatic rings. The van der Waals surface area contributed by atoms with Crippen molar-refractivity contribution in [3.8, 4) is 0 Å². The zero-order chi connectivity index (χ0) is 8.43. The van der Waals surface area contributed by atoms with Gasteiger partial charge in [0.05, 0.1) is 5.02 Å². The molecule has 1 aromatic carbocycles. The van der Waals surface area contributed by atoms with Gasteiger partial charge in [0, 0.05) is 4.90 Å². The molecule has 0 aromatic heterocycles. The molecule has 0 amide bonds. The fourth-order valence-corrected chi connectivity index (χ4v) is 1.36. The Morgan fingerprint density at radius 2 is 2.08 bits per heavy atom. The Hall–Kier alpha value is 0.550. The SMILES string of the molecule is O=S([O-])c1ccc(F)cc1Cl.[Na+]. The molecule has 0 aliphatic heterocycles. The van der Waals surface area contributed by atoms with Crippen LogP contribution in [0.1, 0.15) is 0 Å². The first kappa shape index (κ1) is 12.6. The van der Waals surface area contributed by atoms with Crippen LogP contribution in [0.15, 0.2) is 23.1 Å². The summed E-state index contributed by atoms with van der Waals surface area (Å²) < 4.78 is 33.0. The first-order chi connectivity index (χ1) is 5.11. The van der Waals surface area contributed by atoms with Crippen LogP contribution in [0.4, 0.5) is 4.39 Å². The van der Waals surface area contributed by atoms with Crippen molar-refractivity contribution in [3.05, 3.63) is 29.0 Å². The third kappa shape index (κ3) is 3.12. The van der Waals surface area contributed by atoms with Gasteiger partial charge in [-0.2, -0.15) is 0 Å². The van der Waals surface area contributed by atoms with E-state index in [1.165, 1.54) is 0 Å². The van der Waals surface area contributed by atoms with Crippen molar-refractivity contribution >= 4 is 22.7 Å². The Kier molecular flexibility index (Phi) is 5.56. The second-order valence-electron chi connectivity index (χ2n) is 1.81. The molecular formula is C6H3ClFNaO2S. The molecule has 2 nitrogen and oxygen atoms in total. The summed E-state index contributed by atoms with van der Waals surface area (Å²) in [6.07, 6.45) is 0. The summed E-state index contributed by atoms with van der Waals surface area (Å²) in [6.45, 7) is 0. The van der Waals surface area contributed by atoms with Gasteiger partial charge in [0.15, 0.2) is 0 Å². The first-order valence-corrected chi connectivity index (χ1v) is 4.11. The number of hydrogen-bond donors (Lipinski definition) is 0. The van der Waals surface area contributed by atoms with Crippen LogP contribution in [0, 0.1) is 5.82 Å². The molecule has 0 heterocycles. The Morgan fingerprint density at radius 1 is 1.50 bits per heavy atom. The summed E-state index contributed by atoms with van der Waals surface area (Å²) in [6, 6.07) is 3.10. The predicted octanol–water partition coefficient (Wildman–Crippen LogP) is -1.28. The van der Waals surface area contributed by atoms with E-state index >= 15 is 0 Å². The van der Waals surface area contributed by atoms with Crippen LogP contribution < -0.4 is 29.6 Å². The summed E-state index contributed by atoms with van der Waals surface area (Å²) in [7, 11) is 0. The van der Waals surface area contributed by atoms with E-state index in [0.717, 1.165) is 18.2 Å². The van der Waals surface area contributed by atoms with Crippen LogP contribution in [0.2, 0.25) is 5.02 Å². The van der Waals surface area contributed by atoms with Gasteiger partial charge in [0.25, 0.3) is 0 Å². The summed E-state index contributed by atoms with van der Waals surface area (Å²) in [4.78, 5) is -0.0898. The summed E-state index contributed by atoms with van der Waals surface area (Å²) in [5, 5.41) is -0.0988. The van der Waals surface area contributed by atoms with Gasteiger partial charge in [-0.25, -0.2) is 4.39 Å². The maximum Gasteiger partial charge on any atom is 1.00 e. The molecule has 1 atom stereocenters. The molecule has 0 spiro atoms. The van der Waals surface area contributed by atoms with Crippen LogP contribution >= 0.6 is 11.6 Å². The van der Waals surface area contributed by atoms with Crippen molar-refractivity contribution in [3.63, 3.8) is 0 Å². The van der Waals surface area contributed by atoms with E-state index in [0.29, 0.717) is 0 Å². The van der Waals surface area contributed by atoms with Gasteiger partial charge in [-0.05, 0) is 29.3 Å². The van der Waals surface area contributed by atoms with E-state index in [1.807, 2.05) is 0 Å². The normalized spacial score (nSPS) is 11.9. The molecule has 0 saturated heterocycles. The topological polar surface area (TPSA) is 40.1 Å². The minimum absolute atomic E-state index is 0. The molecule has 0 aliphatic rings. The molecule has 0 fully saturated rings. The van der Waals surface area contributed by atoms with E-state index in [4.69, 9.17) is 11.6 Å². The Bertz CT molecular complexity index is 308. The van der Waals surface area contributed by atoms with Crippen LogP contribution in [-0.4, -0.2) is 8.76 Å². The fourth-order valence-electron chi connectivity index (χ4n) is 0.610. The molecule has 60 valence electrons. The molecule has 0 radical (unpaired) electrons. The maximum atomic E-state index is 12.3. The fraction of sp³-hybridized carbons (Fsp3) is 0. The number of halogens is 2. The molecule has 0 N–H and O–H groups in total. The summed E-state index contributed by atoms with van der Waals surface area (Å²) in [5.41, 5.74) is 0. The van der Waals surface area contributed by atoms with Gasteiger partial charge in [-0.15, -0.1) is 0 Å². The molecular weight excluding hydrogens is 214 g/mol. The molecule has 0 bridgehead atoms. The van der Waals surface area contributed by atoms with Gasteiger partial charge < -0.3 is 4.55 Å². The third-order valence-electron chi connectivity index (χ3n) is 1.07. The van der Waals surface area contributed by atoms with Crippen LogP contribution in [0.3, 0.4) is 0 Å². The largest absolute Gasteiger partial charge is 1.00 e. The van der Waals surface area contributed by atoms with Gasteiger partial charge in [-0.1, -0.05) is 11.6 Å². The van der Waals surface area contributed by atoms with E-state index in [1.54, 1.807) is 0 Å². The molecule has 6 heteroatoms. The van der Waals surface area contributed by atoms with Crippen molar-refractivity contribution in [2.45, 2.75) is 4.90 Å². The van der Waals surface area contributed by atoms with Gasteiger partial charge >= 0.3 is 29.6 Å². The standard InChI is InChI=1S/C6H4ClFO2S.Na/c7-5-3-4(8)1-2-6(5)11(9)10;/h1-3H,(H,9,10);/q;+1/p-1. The summed E-state index contributed by atoms with van der Waals surface area (Å²) >= 11 is 2.99. The molecule has 1 rings (SSSR count). The van der Waals surface area contributed by atoms with Gasteiger partial charge in [0.1, 0.15) is 5.82 Å². The number of hydrogen-bond acceptors (Lipinski definition) is 2. The van der Waals surface area contributed by atoms with E-state index < -0.39 is 16.9 Å². The zero-order valence-corrected chi connectivity index (χ0v) is 9.79. The quantitative estimate of drug-likeness (QED) is 0.434. The maximum absolute atomic E-state index is 12.3. The second-order valence-corrected chi connectivity index (χ2v) is 3.13. The molecule has 12 heavy (non-hydrogen) atoms. The molecule has 1 unspecified atom stereocenters. The Labute approximate surface area is 98.7 Å². The average molecular weight is 217 g/mol. The van der Waals surface area contributed by atoms with E-state index in [9.17, 15) is 13.2 Å². The van der Waals surface area contributed by atoms with Crippen molar-refractivity contribution in [1.29, 1.82) is 0 Å². The third-order valence-corrected chi connectivity index (χ3v) is 2.21. The first-order valence-electron chi connectivity index (χ1n) is 2.65. The second kappa shape index (κ2) is 5.32. The smallest absolute Gasteiger partial charge is 0.768 e. The minimum atomic E-state index is -2.40. The monoisotopic (exact) mass is 216 g/mol. The Balaban J connectivity index is 0.00000121. The Morgan fingerprint density at radius 3 is 2.50 bits per heavy atom. The number of benzene rings is 1. The van der Waals surface area contributed by atoms with Crippen molar-refractivity contribution in [2.24, 2.45) is 0 Å². The van der Waals surface area contributed by atoms with Crippen LogP contribution in [-0.2, 0) is 11.1 Å². The van der Waals surface area contributed by atoms with Crippen molar-refractivity contribution < 1.29 is 42.7 Å². The zero-order valence-electron chi connectivity index (χ0n) is 6.21. The van der Waals surface area contributed by atoms with E-state index in [-0.39, 0.29) is 39.5 Å². The van der Waals surface area contributed by atoms with Crippen molar-refractivity contribution in [2.75, 3.05) is 0 Å². The van der Waals surface area contributed by atoms with Crippen LogP contribution in [0.25, 0.3) is 0 Å². The minimum Gasteiger partial charge on any atom is -0.768 e. The predicted molar refractivity (Wildman–Crippen MR) is 38.6 cm³/mol. The average Bonchev–Trinajstić information content (AvgIpc) is 1.85. The van der Waals surface area contributed by atoms with Gasteiger partial charge in [-0.3, -0.25) is 4.21 Å². The molecule has 0 aliphatic carbocycles. The van der Waals surface area contributed by atoms with Crippen molar-refractivity contribution in [1.82, 2.24) is 0 Å². The summed E-state index contributed by atoms with van der Waals surface area (Å²) in [5.74, 6) is -0.552.